The van der Waals surface area contributed by atoms with E-state index in [1.165, 1.54) is 11.1 Å². The van der Waals surface area contributed by atoms with Crippen LogP contribution in [0.2, 0.25) is 0 Å². The predicted molar refractivity (Wildman–Crippen MR) is 73.2 cm³/mol. The normalized spacial score (nSPS) is 15.8. The molecule has 19 heavy (non-hydrogen) atoms. The number of hydrogen-bond donors (Lipinski definition) is 0. The molecule has 0 saturated heterocycles. The summed E-state index contributed by atoms with van der Waals surface area (Å²) in [5, 5.41) is 0. The van der Waals surface area contributed by atoms with Crippen LogP contribution in [0.5, 0.6) is 5.75 Å². The van der Waals surface area contributed by atoms with Crippen LogP contribution in [0.15, 0.2) is 18.2 Å². The monoisotopic (exact) mass is 263 g/mol. The minimum atomic E-state index is -0.364. The van der Waals surface area contributed by atoms with Gasteiger partial charge in [0.15, 0.2) is 0 Å². The van der Waals surface area contributed by atoms with Crippen LogP contribution in [0.4, 0.5) is 0 Å². The molecule has 0 radical (unpaired) electrons. The first-order valence-corrected chi connectivity index (χ1v) is 6.72. The molecule has 4 nitrogen and oxygen atoms in total. The maximum Gasteiger partial charge on any atom is 0.251 e. The lowest BCUT2D eigenvalue weighted by atomic mass is 9.98. The molecule has 1 aliphatic heterocycles. The van der Waals surface area contributed by atoms with E-state index >= 15 is 0 Å². The van der Waals surface area contributed by atoms with E-state index in [1.54, 1.807) is 7.11 Å². The van der Waals surface area contributed by atoms with Gasteiger partial charge >= 0.3 is 0 Å². The summed E-state index contributed by atoms with van der Waals surface area (Å²) in [7, 11) is 1.68. The molecule has 1 aromatic rings. The van der Waals surface area contributed by atoms with Crippen molar-refractivity contribution in [3.8, 4) is 5.75 Å². The van der Waals surface area contributed by atoms with Gasteiger partial charge in [-0.2, -0.15) is 0 Å². The van der Waals surface area contributed by atoms with Gasteiger partial charge in [0.25, 0.3) is 5.91 Å². The second-order valence-electron chi connectivity index (χ2n) is 4.71. The van der Waals surface area contributed by atoms with E-state index in [-0.39, 0.29) is 12.0 Å². The average Bonchev–Trinajstić information content (AvgIpc) is 2.45. The van der Waals surface area contributed by atoms with Crippen molar-refractivity contribution in [3.63, 3.8) is 0 Å². The highest BCUT2D eigenvalue weighted by molar-refractivity contribution is 5.80. The van der Waals surface area contributed by atoms with Crippen molar-refractivity contribution in [2.45, 2.75) is 32.9 Å². The molecule has 2 rings (SSSR count). The summed E-state index contributed by atoms with van der Waals surface area (Å²) >= 11 is 0. The molecule has 4 heteroatoms. The Morgan fingerprint density at radius 2 is 2.26 bits per heavy atom. The Kier molecular flexibility index (Phi) is 4.43. The zero-order valence-corrected chi connectivity index (χ0v) is 11.8. The van der Waals surface area contributed by atoms with E-state index < -0.39 is 0 Å². The summed E-state index contributed by atoms with van der Waals surface area (Å²) < 4.78 is 10.7. The standard InChI is InChI=1S/C15H21NO3/c1-4-19-11(2)15(17)16-9-8-13-12(10-16)6-5-7-14(13)18-3/h5-7,11H,4,8-10H2,1-3H3/t11-/m0/s1. The van der Waals surface area contributed by atoms with Crippen LogP contribution in [-0.4, -0.2) is 37.2 Å². The lowest BCUT2D eigenvalue weighted by Crippen LogP contribution is -2.42. The minimum absolute atomic E-state index is 0.0651. The molecular formula is C15H21NO3. The molecule has 0 spiro atoms. The summed E-state index contributed by atoms with van der Waals surface area (Å²) in [5.74, 6) is 0.984. The highest BCUT2D eigenvalue weighted by Crippen LogP contribution is 2.28. The van der Waals surface area contributed by atoms with Crippen molar-refractivity contribution >= 4 is 5.91 Å². The molecule has 1 heterocycles. The fraction of sp³-hybridized carbons (Fsp3) is 0.533. The molecular weight excluding hydrogens is 242 g/mol. The summed E-state index contributed by atoms with van der Waals surface area (Å²) in [5.41, 5.74) is 2.39. The molecule has 1 atom stereocenters. The third-order valence-electron chi connectivity index (χ3n) is 3.52. The largest absolute Gasteiger partial charge is 0.496 e. The number of benzene rings is 1. The lowest BCUT2D eigenvalue weighted by Gasteiger charge is -2.31. The van der Waals surface area contributed by atoms with Gasteiger partial charge in [0.05, 0.1) is 7.11 Å². The van der Waals surface area contributed by atoms with Gasteiger partial charge in [0.1, 0.15) is 11.9 Å². The molecule has 0 aliphatic carbocycles. The number of ether oxygens (including phenoxy) is 2. The van der Waals surface area contributed by atoms with E-state index in [2.05, 4.69) is 6.07 Å². The van der Waals surface area contributed by atoms with Crippen molar-refractivity contribution < 1.29 is 14.3 Å². The van der Waals surface area contributed by atoms with Crippen molar-refractivity contribution in [1.82, 2.24) is 4.90 Å². The summed E-state index contributed by atoms with van der Waals surface area (Å²) in [4.78, 5) is 14.1. The Morgan fingerprint density at radius 3 is 2.95 bits per heavy atom. The number of methoxy groups -OCH3 is 1. The minimum Gasteiger partial charge on any atom is -0.496 e. The maximum absolute atomic E-state index is 12.2. The van der Waals surface area contributed by atoms with Gasteiger partial charge in [-0.25, -0.2) is 0 Å². The average molecular weight is 263 g/mol. The van der Waals surface area contributed by atoms with Crippen LogP contribution >= 0.6 is 0 Å². The smallest absolute Gasteiger partial charge is 0.251 e. The first-order valence-electron chi connectivity index (χ1n) is 6.72. The van der Waals surface area contributed by atoms with Gasteiger partial charge < -0.3 is 14.4 Å². The Bertz CT molecular complexity index is 459. The van der Waals surface area contributed by atoms with Crippen LogP contribution in [0.25, 0.3) is 0 Å². The quantitative estimate of drug-likeness (QED) is 0.834. The molecule has 1 aromatic carbocycles. The number of fused-ring (bicyclic) bond motifs is 1. The number of carbonyl (C=O) groups excluding carboxylic acids is 1. The van der Waals surface area contributed by atoms with Crippen LogP contribution in [-0.2, 0) is 22.5 Å². The van der Waals surface area contributed by atoms with Crippen molar-refractivity contribution in [2.75, 3.05) is 20.3 Å². The molecule has 0 fully saturated rings. The van der Waals surface area contributed by atoms with Crippen molar-refractivity contribution in [3.05, 3.63) is 29.3 Å². The topological polar surface area (TPSA) is 38.8 Å². The van der Waals surface area contributed by atoms with Crippen LogP contribution in [0, 0.1) is 0 Å². The van der Waals surface area contributed by atoms with E-state index in [1.807, 2.05) is 30.9 Å². The number of hydrogen-bond acceptors (Lipinski definition) is 3. The van der Waals surface area contributed by atoms with E-state index in [0.29, 0.717) is 13.2 Å². The molecule has 1 amide bonds. The van der Waals surface area contributed by atoms with Crippen LogP contribution in [0.1, 0.15) is 25.0 Å². The molecule has 1 aliphatic rings. The fourth-order valence-corrected chi connectivity index (χ4v) is 2.53. The highest BCUT2D eigenvalue weighted by Gasteiger charge is 2.26. The van der Waals surface area contributed by atoms with Gasteiger partial charge in [-0.05, 0) is 31.9 Å². The third kappa shape index (κ3) is 2.89. The van der Waals surface area contributed by atoms with Gasteiger partial charge in [0.2, 0.25) is 0 Å². The fourth-order valence-electron chi connectivity index (χ4n) is 2.53. The predicted octanol–water partition coefficient (Wildman–Crippen LogP) is 2.00. The van der Waals surface area contributed by atoms with Crippen molar-refractivity contribution in [1.29, 1.82) is 0 Å². The number of carbonyl (C=O) groups is 1. The Balaban J connectivity index is 2.12. The zero-order chi connectivity index (χ0) is 13.8. The second-order valence-corrected chi connectivity index (χ2v) is 4.71. The lowest BCUT2D eigenvalue weighted by molar-refractivity contribution is -0.143. The Hall–Kier alpha value is -1.55. The van der Waals surface area contributed by atoms with Gasteiger partial charge in [-0.1, -0.05) is 12.1 Å². The number of amides is 1. The summed E-state index contributed by atoms with van der Waals surface area (Å²) in [6, 6.07) is 6.00. The molecule has 0 saturated carbocycles. The Labute approximate surface area is 114 Å². The van der Waals surface area contributed by atoms with E-state index in [0.717, 1.165) is 18.7 Å². The SMILES string of the molecule is CCO[C@@H](C)C(=O)N1CCc2c(cccc2OC)C1. The maximum atomic E-state index is 12.2. The second kappa shape index (κ2) is 6.06. The highest BCUT2D eigenvalue weighted by atomic mass is 16.5. The molecule has 0 aromatic heterocycles. The van der Waals surface area contributed by atoms with Gasteiger partial charge in [-0.15, -0.1) is 0 Å². The first kappa shape index (κ1) is 13.9. The van der Waals surface area contributed by atoms with Crippen LogP contribution in [0.3, 0.4) is 0 Å². The number of rotatable bonds is 4. The first-order chi connectivity index (χ1) is 9.17. The van der Waals surface area contributed by atoms with Gasteiger partial charge in [0, 0.05) is 25.3 Å². The molecule has 0 N–H and O–H groups in total. The van der Waals surface area contributed by atoms with E-state index in [9.17, 15) is 4.79 Å². The van der Waals surface area contributed by atoms with Gasteiger partial charge in [-0.3, -0.25) is 4.79 Å². The van der Waals surface area contributed by atoms with E-state index in [4.69, 9.17) is 9.47 Å². The zero-order valence-electron chi connectivity index (χ0n) is 11.8. The number of nitrogens with zero attached hydrogens (tertiary/aromatic N) is 1. The molecule has 0 unspecified atom stereocenters. The third-order valence-corrected chi connectivity index (χ3v) is 3.52. The summed E-state index contributed by atoms with van der Waals surface area (Å²) in [6.07, 6.45) is 0.473. The Morgan fingerprint density at radius 1 is 1.47 bits per heavy atom. The summed E-state index contributed by atoms with van der Waals surface area (Å²) in [6.45, 7) is 5.64. The molecule has 104 valence electrons. The van der Waals surface area contributed by atoms with Crippen LogP contribution < -0.4 is 4.74 Å². The molecule has 0 bridgehead atoms. The van der Waals surface area contributed by atoms with Crippen molar-refractivity contribution in [2.24, 2.45) is 0 Å².